The van der Waals surface area contributed by atoms with Crippen molar-refractivity contribution in [1.82, 2.24) is 10.2 Å². The van der Waals surface area contributed by atoms with Crippen LogP contribution in [0.25, 0.3) is 0 Å². The van der Waals surface area contributed by atoms with E-state index in [-0.39, 0.29) is 0 Å². The molecule has 1 rings (SSSR count). The number of likely N-dealkylation sites (N-methyl/N-ethyl adjacent to an activating group) is 1. The molecule has 1 aromatic carbocycles. The van der Waals surface area contributed by atoms with Crippen LogP contribution in [-0.2, 0) is 6.54 Å². The van der Waals surface area contributed by atoms with Crippen LogP contribution < -0.4 is 10.1 Å². The maximum absolute atomic E-state index is 5.40. The first-order chi connectivity index (χ1) is 8.67. The molecule has 0 aliphatic carbocycles. The summed E-state index contributed by atoms with van der Waals surface area (Å²) in [6.07, 6.45) is 1.19. The second-order valence-electron chi connectivity index (χ2n) is 4.80. The molecule has 0 heterocycles. The molecule has 0 saturated carbocycles. The molecule has 102 valence electrons. The van der Waals surface area contributed by atoms with E-state index in [2.05, 4.69) is 43.2 Å². The van der Waals surface area contributed by atoms with Gasteiger partial charge in [-0.2, -0.15) is 0 Å². The van der Waals surface area contributed by atoms with Gasteiger partial charge in [-0.25, -0.2) is 0 Å². The van der Waals surface area contributed by atoms with Crippen molar-refractivity contribution in [3.05, 3.63) is 29.3 Å². The molecule has 0 aromatic heterocycles. The third-order valence-corrected chi connectivity index (χ3v) is 2.97. The molecule has 3 nitrogen and oxygen atoms in total. The highest BCUT2D eigenvalue weighted by Crippen LogP contribution is 2.20. The molecule has 1 N–H and O–H groups in total. The molecule has 0 spiro atoms. The fourth-order valence-electron chi connectivity index (χ4n) is 1.97. The van der Waals surface area contributed by atoms with Crippen LogP contribution in [0, 0.1) is 6.92 Å². The number of hydrogen-bond donors (Lipinski definition) is 1. The van der Waals surface area contributed by atoms with Crippen LogP contribution >= 0.6 is 0 Å². The third-order valence-electron chi connectivity index (χ3n) is 2.97. The van der Waals surface area contributed by atoms with Crippen molar-refractivity contribution in [3.8, 4) is 5.75 Å². The van der Waals surface area contributed by atoms with Crippen LogP contribution in [0.3, 0.4) is 0 Å². The number of rotatable bonds is 8. The molecule has 0 aliphatic heterocycles. The minimum Gasteiger partial charge on any atom is -0.496 e. The first-order valence-electron chi connectivity index (χ1n) is 6.70. The van der Waals surface area contributed by atoms with Crippen molar-refractivity contribution >= 4 is 0 Å². The quantitative estimate of drug-likeness (QED) is 0.717. The summed E-state index contributed by atoms with van der Waals surface area (Å²) < 4.78 is 5.40. The zero-order valence-electron chi connectivity index (χ0n) is 12.1. The molecule has 1 aromatic rings. The standard InChI is InChI=1S/C15H26N2O/c1-5-8-16-9-10-17(3)12-14-11-13(2)6-7-15(14)18-4/h6-7,11,16H,5,8-10,12H2,1-4H3. The Balaban J connectivity index is 2.47. The Morgan fingerprint density at radius 1 is 1.28 bits per heavy atom. The Bertz CT molecular complexity index is 352. The van der Waals surface area contributed by atoms with Gasteiger partial charge in [0.15, 0.2) is 0 Å². The highest BCUT2D eigenvalue weighted by Gasteiger charge is 2.06. The van der Waals surface area contributed by atoms with E-state index in [1.54, 1.807) is 7.11 Å². The van der Waals surface area contributed by atoms with Crippen molar-refractivity contribution in [2.75, 3.05) is 33.8 Å². The molecule has 0 aliphatic rings. The molecule has 0 saturated heterocycles. The third kappa shape index (κ3) is 5.07. The average molecular weight is 250 g/mol. The largest absolute Gasteiger partial charge is 0.496 e. The van der Waals surface area contributed by atoms with Crippen molar-refractivity contribution in [3.63, 3.8) is 0 Å². The van der Waals surface area contributed by atoms with Crippen molar-refractivity contribution in [2.45, 2.75) is 26.8 Å². The van der Waals surface area contributed by atoms with Gasteiger partial charge in [-0.1, -0.05) is 24.6 Å². The van der Waals surface area contributed by atoms with Gasteiger partial charge in [-0.3, -0.25) is 0 Å². The summed E-state index contributed by atoms with van der Waals surface area (Å²) in [6.45, 7) is 8.43. The molecule has 0 radical (unpaired) electrons. The van der Waals surface area contributed by atoms with Gasteiger partial charge in [0.1, 0.15) is 5.75 Å². The number of methoxy groups -OCH3 is 1. The van der Waals surface area contributed by atoms with Gasteiger partial charge in [0.25, 0.3) is 0 Å². The van der Waals surface area contributed by atoms with Gasteiger partial charge < -0.3 is 15.0 Å². The zero-order chi connectivity index (χ0) is 13.4. The second kappa shape index (κ2) is 8.11. The maximum atomic E-state index is 5.40. The molecule has 3 heteroatoms. The van der Waals surface area contributed by atoms with Crippen LogP contribution in [0.5, 0.6) is 5.75 Å². The van der Waals surface area contributed by atoms with Crippen molar-refractivity contribution in [2.24, 2.45) is 0 Å². The van der Waals surface area contributed by atoms with Crippen LogP contribution in [0.2, 0.25) is 0 Å². The molecular formula is C15H26N2O. The number of hydrogen-bond acceptors (Lipinski definition) is 3. The Hall–Kier alpha value is -1.06. The Labute approximate surface area is 111 Å². The molecule has 0 bridgehead atoms. The van der Waals surface area contributed by atoms with Gasteiger partial charge in [0, 0.05) is 25.2 Å². The molecule has 0 amide bonds. The zero-order valence-corrected chi connectivity index (χ0v) is 12.1. The van der Waals surface area contributed by atoms with Gasteiger partial charge in [0.05, 0.1) is 7.11 Å². The summed E-state index contributed by atoms with van der Waals surface area (Å²) >= 11 is 0. The fraction of sp³-hybridized carbons (Fsp3) is 0.600. The predicted molar refractivity (Wildman–Crippen MR) is 77.2 cm³/mol. The van der Waals surface area contributed by atoms with E-state index in [4.69, 9.17) is 4.74 Å². The lowest BCUT2D eigenvalue weighted by atomic mass is 10.1. The summed E-state index contributed by atoms with van der Waals surface area (Å²) in [6, 6.07) is 6.34. The minimum atomic E-state index is 0.929. The van der Waals surface area contributed by atoms with Crippen LogP contribution in [0.1, 0.15) is 24.5 Å². The SMILES string of the molecule is CCCNCCN(C)Cc1cc(C)ccc1OC. The lowest BCUT2D eigenvalue weighted by molar-refractivity contribution is 0.315. The molecular weight excluding hydrogens is 224 g/mol. The monoisotopic (exact) mass is 250 g/mol. The fourth-order valence-corrected chi connectivity index (χ4v) is 1.97. The maximum Gasteiger partial charge on any atom is 0.123 e. The van der Waals surface area contributed by atoms with Crippen LogP contribution in [-0.4, -0.2) is 38.7 Å². The first-order valence-corrected chi connectivity index (χ1v) is 6.70. The van der Waals surface area contributed by atoms with E-state index in [0.717, 1.165) is 31.9 Å². The summed E-state index contributed by atoms with van der Waals surface area (Å²) in [4.78, 5) is 2.32. The molecule has 0 atom stereocenters. The smallest absolute Gasteiger partial charge is 0.123 e. The molecule has 0 unspecified atom stereocenters. The Morgan fingerprint density at radius 2 is 2.06 bits per heavy atom. The van der Waals surface area contributed by atoms with E-state index in [9.17, 15) is 0 Å². The highest BCUT2D eigenvalue weighted by molar-refractivity contribution is 5.36. The van der Waals surface area contributed by atoms with E-state index in [1.165, 1.54) is 17.5 Å². The number of nitrogens with zero attached hydrogens (tertiary/aromatic N) is 1. The average Bonchev–Trinajstić information content (AvgIpc) is 2.35. The van der Waals surface area contributed by atoms with Gasteiger partial charge >= 0.3 is 0 Å². The molecule has 18 heavy (non-hydrogen) atoms. The second-order valence-corrected chi connectivity index (χ2v) is 4.80. The Kier molecular flexibility index (Phi) is 6.76. The van der Waals surface area contributed by atoms with E-state index in [1.807, 2.05) is 6.07 Å². The van der Waals surface area contributed by atoms with Gasteiger partial charge in [-0.15, -0.1) is 0 Å². The number of ether oxygens (including phenoxy) is 1. The normalized spacial score (nSPS) is 10.9. The first kappa shape index (κ1) is 15.0. The number of nitrogens with one attached hydrogen (secondary N) is 1. The highest BCUT2D eigenvalue weighted by atomic mass is 16.5. The lowest BCUT2D eigenvalue weighted by Crippen LogP contribution is -2.29. The molecule has 0 fully saturated rings. The summed E-state index contributed by atoms with van der Waals surface area (Å²) in [5, 5.41) is 3.42. The number of aryl methyl sites for hydroxylation is 1. The van der Waals surface area contributed by atoms with Crippen molar-refractivity contribution < 1.29 is 4.74 Å². The summed E-state index contributed by atoms with van der Waals surface area (Å²) in [5.74, 6) is 0.981. The van der Waals surface area contributed by atoms with Gasteiger partial charge in [0.2, 0.25) is 0 Å². The topological polar surface area (TPSA) is 24.5 Å². The summed E-state index contributed by atoms with van der Waals surface area (Å²) in [5.41, 5.74) is 2.54. The number of benzene rings is 1. The van der Waals surface area contributed by atoms with E-state index in [0.29, 0.717) is 0 Å². The summed E-state index contributed by atoms with van der Waals surface area (Å²) in [7, 11) is 3.88. The minimum absolute atomic E-state index is 0.929. The van der Waals surface area contributed by atoms with Crippen LogP contribution in [0.15, 0.2) is 18.2 Å². The predicted octanol–water partition coefficient (Wildman–Crippen LogP) is 2.44. The Morgan fingerprint density at radius 3 is 2.72 bits per heavy atom. The van der Waals surface area contributed by atoms with Gasteiger partial charge in [-0.05, 0) is 33.0 Å². The van der Waals surface area contributed by atoms with E-state index < -0.39 is 0 Å². The van der Waals surface area contributed by atoms with Crippen molar-refractivity contribution in [1.29, 1.82) is 0 Å². The van der Waals surface area contributed by atoms with Crippen LogP contribution in [0.4, 0.5) is 0 Å². The van der Waals surface area contributed by atoms with E-state index >= 15 is 0 Å². The lowest BCUT2D eigenvalue weighted by Gasteiger charge is -2.19.